The second-order valence-corrected chi connectivity index (χ2v) is 3.20. The quantitative estimate of drug-likeness (QED) is 0.736. The maximum atomic E-state index is 5.55. The predicted molar refractivity (Wildman–Crippen MR) is 64.5 cm³/mol. The summed E-state index contributed by atoms with van der Waals surface area (Å²) in [5.74, 6) is 0. The molecule has 2 nitrogen and oxygen atoms in total. The number of aliphatic imine (C=N–C) groups is 1. The smallest absolute Gasteiger partial charge is 0.0794 e. The first-order chi connectivity index (χ1) is 7.36. The summed E-state index contributed by atoms with van der Waals surface area (Å²) in [6.07, 6.45) is 7.10. The highest BCUT2D eigenvalue weighted by Gasteiger charge is 2.13. The van der Waals surface area contributed by atoms with Gasteiger partial charge in [-0.1, -0.05) is 43.0 Å². The van der Waals surface area contributed by atoms with Crippen molar-refractivity contribution in [1.29, 1.82) is 0 Å². The van der Waals surface area contributed by atoms with E-state index in [1.54, 1.807) is 6.20 Å². The van der Waals surface area contributed by atoms with Gasteiger partial charge in [-0.15, -0.1) is 0 Å². The van der Waals surface area contributed by atoms with E-state index in [0.717, 1.165) is 22.4 Å². The summed E-state index contributed by atoms with van der Waals surface area (Å²) >= 11 is 0. The minimum absolute atomic E-state index is 0.880. The molecule has 0 saturated carbocycles. The number of fused-ring (bicyclic) bond motifs is 1. The monoisotopic (exact) mass is 196 g/mol. The Hall–Kier alpha value is -2.09. The van der Waals surface area contributed by atoms with Crippen LogP contribution >= 0.6 is 0 Å². The first-order valence-corrected chi connectivity index (χ1v) is 4.75. The van der Waals surface area contributed by atoms with Gasteiger partial charge in [-0.05, 0) is 5.56 Å². The summed E-state index contributed by atoms with van der Waals surface area (Å²) in [6.45, 7) is 3.62. The van der Waals surface area contributed by atoms with Gasteiger partial charge in [-0.3, -0.25) is 4.99 Å². The van der Waals surface area contributed by atoms with E-state index in [-0.39, 0.29) is 0 Å². The predicted octanol–water partition coefficient (Wildman–Crippen LogP) is 2.49. The van der Waals surface area contributed by atoms with Crippen molar-refractivity contribution in [2.24, 2.45) is 10.7 Å². The Kier molecular flexibility index (Phi) is 2.50. The molecule has 0 bridgehead atoms. The zero-order valence-electron chi connectivity index (χ0n) is 8.35. The van der Waals surface area contributed by atoms with Crippen molar-refractivity contribution in [2.75, 3.05) is 0 Å². The highest BCUT2D eigenvalue weighted by atomic mass is 14.7. The van der Waals surface area contributed by atoms with Crippen molar-refractivity contribution in [3.8, 4) is 0 Å². The maximum absolute atomic E-state index is 5.55. The summed E-state index contributed by atoms with van der Waals surface area (Å²) in [6, 6.07) is 8.08. The highest BCUT2D eigenvalue weighted by Crippen LogP contribution is 2.22. The number of nitrogens with two attached hydrogens (primary N) is 1. The topological polar surface area (TPSA) is 38.4 Å². The number of hydrogen-bond acceptors (Lipinski definition) is 2. The van der Waals surface area contributed by atoms with E-state index >= 15 is 0 Å². The molecule has 74 valence electrons. The van der Waals surface area contributed by atoms with Gasteiger partial charge in [0.05, 0.1) is 5.71 Å². The fraction of sp³-hybridized carbons (Fsp3) is 0. The Balaban J connectivity index is 2.65. The van der Waals surface area contributed by atoms with Gasteiger partial charge < -0.3 is 5.73 Å². The standard InChI is InChI=1S/C13H12N2/c1-2-15-13-11(9-14)8-7-10-5-3-4-6-12(10)13/h2-9H,1,14H2/b11-9-,15-13+. The minimum atomic E-state index is 0.880. The van der Waals surface area contributed by atoms with Crippen molar-refractivity contribution in [2.45, 2.75) is 0 Å². The number of allylic oxidation sites excluding steroid dienone is 2. The van der Waals surface area contributed by atoms with Crippen LogP contribution in [-0.4, -0.2) is 5.71 Å². The van der Waals surface area contributed by atoms with Crippen LogP contribution in [0.1, 0.15) is 11.1 Å². The third kappa shape index (κ3) is 1.62. The van der Waals surface area contributed by atoms with E-state index < -0.39 is 0 Å². The molecule has 0 unspecified atom stereocenters. The Morgan fingerprint density at radius 2 is 2.00 bits per heavy atom. The van der Waals surface area contributed by atoms with Gasteiger partial charge >= 0.3 is 0 Å². The fourth-order valence-electron chi connectivity index (χ4n) is 1.64. The van der Waals surface area contributed by atoms with E-state index in [2.05, 4.69) is 17.6 Å². The molecule has 1 aliphatic rings. The fourth-order valence-corrected chi connectivity index (χ4v) is 1.64. The second-order valence-electron chi connectivity index (χ2n) is 3.20. The largest absolute Gasteiger partial charge is 0.404 e. The van der Waals surface area contributed by atoms with E-state index in [1.807, 2.05) is 30.4 Å². The average Bonchev–Trinajstić information content (AvgIpc) is 2.30. The molecular weight excluding hydrogens is 184 g/mol. The molecule has 0 saturated heterocycles. The molecule has 0 heterocycles. The third-order valence-electron chi connectivity index (χ3n) is 2.33. The van der Waals surface area contributed by atoms with Crippen molar-refractivity contribution in [3.05, 3.63) is 66.0 Å². The number of benzene rings is 1. The summed E-state index contributed by atoms with van der Waals surface area (Å²) in [5, 5.41) is 0. The highest BCUT2D eigenvalue weighted by molar-refractivity contribution is 6.18. The zero-order valence-corrected chi connectivity index (χ0v) is 8.35. The molecule has 1 aliphatic carbocycles. The SMILES string of the molecule is C=C/N=C1\C(=C/N)C=Cc2ccccc21. The van der Waals surface area contributed by atoms with Crippen LogP contribution in [0.25, 0.3) is 6.08 Å². The van der Waals surface area contributed by atoms with Crippen LogP contribution in [0, 0.1) is 0 Å². The normalized spacial score (nSPS) is 19.2. The molecule has 2 rings (SSSR count). The zero-order chi connectivity index (χ0) is 10.7. The molecule has 15 heavy (non-hydrogen) atoms. The van der Waals surface area contributed by atoms with E-state index in [1.165, 1.54) is 6.20 Å². The summed E-state index contributed by atoms with van der Waals surface area (Å²) in [7, 11) is 0. The Morgan fingerprint density at radius 3 is 2.73 bits per heavy atom. The minimum Gasteiger partial charge on any atom is -0.404 e. The van der Waals surface area contributed by atoms with Gasteiger partial charge in [0, 0.05) is 23.5 Å². The lowest BCUT2D eigenvalue weighted by atomic mass is 9.92. The lowest BCUT2D eigenvalue weighted by Crippen LogP contribution is -2.10. The summed E-state index contributed by atoms with van der Waals surface area (Å²) in [4.78, 5) is 4.26. The Bertz CT molecular complexity index is 479. The first-order valence-electron chi connectivity index (χ1n) is 4.75. The van der Waals surface area contributed by atoms with Gasteiger partial charge in [-0.25, -0.2) is 0 Å². The first kappa shape index (κ1) is 9.46. The molecule has 0 spiro atoms. The molecule has 0 aliphatic heterocycles. The molecular formula is C13H12N2. The lowest BCUT2D eigenvalue weighted by molar-refractivity contribution is 1.45. The van der Waals surface area contributed by atoms with Crippen molar-refractivity contribution in [1.82, 2.24) is 0 Å². The summed E-state index contributed by atoms with van der Waals surface area (Å²) in [5.41, 5.74) is 9.61. The number of rotatable bonds is 1. The molecule has 1 aromatic rings. The molecule has 0 amide bonds. The Morgan fingerprint density at radius 1 is 1.20 bits per heavy atom. The van der Waals surface area contributed by atoms with Gasteiger partial charge in [-0.2, -0.15) is 0 Å². The number of hydrogen-bond donors (Lipinski definition) is 1. The lowest BCUT2D eigenvalue weighted by Gasteiger charge is -2.14. The molecule has 0 aromatic heterocycles. The van der Waals surface area contributed by atoms with E-state index in [0.29, 0.717) is 0 Å². The van der Waals surface area contributed by atoms with Crippen molar-refractivity contribution >= 4 is 11.8 Å². The van der Waals surface area contributed by atoms with Crippen LogP contribution in [0.4, 0.5) is 0 Å². The van der Waals surface area contributed by atoms with Crippen LogP contribution < -0.4 is 5.73 Å². The molecule has 0 atom stereocenters. The van der Waals surface area contributed by atoms with Crippen molar-refractivity contribution in [3.63, 3.8) is 0 Å². The van der Waals surface area contributed by atoms with Gasteiger partial charge in [0.15, 0.2) is 0 Å². The van der Waals surface area contributed by atoms with Gasteiger partial charge in [0.25, 0.3) is 0 Å². The van der Waals surface area contributed by atoms with Gasteiger partial charge in [0.2, 0.25) is 0 Å². The molecule has 2 heteroatoms. The van der Waals surface area contributed by atoms with Crippen LogP contribution in [0.5, 0.6) is 0 Å². The number of nitrogens with zero attached hydrogens (tertiary/aromatic N) is 1. The molecule has 2 N–H and O–H groups in total. The van der Waals surface area contributed by atoms with Gasteiger partial charge in [0.1, 0.15) is 0 Å². The van der Waals surface area contributed by atoms with Crippen LogP contribution in [-0.2, 0) is 0 Å². The van der Waals surface area contributed by atoms with E-state index in [9.17, 15) is 0 Å². The maximum Gasteiger partial charge on any atom is 0.0794 e. The van der Waals surface area contributed by atoms with Crippen LogP contribution in [0.3, 0.4) is 0 Å². The van der Waals surface area contributed by atoms with Crippen LogP contribution in [0.2, 0.25) is 0 Å². The average molecular weight is 196 g/mol. The molecule has 0 radical (unpaired) electrons. The van der Waals surface area contributed by atoms with Crippen LogP contribution in [0.15, 0.2) is 59.9 Å². The summed E-state index contributed by atoms with van der Waals surface area (Å²) < 4.78 is 0. The molecule has 0 fully saturated rings. The van der Waals surface area contributed by atoms with E-state index in [4.69, 9.17) is 5.73 Å². The Labute approximate surface area is 89.1 Å². The molecule has 1 aromatic carbocycles. The van der Waals surface area contributed by atoms with Crippen molar-refractivity contribution < 1.29 is 0 Å². The second kappa shape index (κ2) is 3.96. The third-order valence-corrected chi connectivity index (χ3v) is 2.33.